The molecule has 0 heteroatoms. The van der Waals surface area contributed by atoms with Crippen LogP contribution in [0.25, 0.3) is 32.3 Å². The van der Waals surface area contributed by atoms with Crippen LogP contribution < -0.4 is 0 Å². The van der Waals surface area contributed by atoms with Gasteiger partial charge in [0.1, 0.15) is 0 Å². The molecule has 4 aromatic rings. The van der Waals surface area contributed by atoms with Crippen LogP contribution >= 0.6 is 0 Å². The molecule has 22 heavy (non-hydrogen) atoms. The fourth-order valence-electron chi connectivity index (χ4n) is 3.90. The van der Waals surface area contributed by atoms with Crippen molar-refractivity contribution in [2.75, 3.05) is 0 Å². The van der Waals surface area contributed by atoms with Crippen LogP contribution in [0.4, 0.5) is 0 Å². The summed E-state index contributed by atoms with van der Waals surface area (Å²) in [7, 11) is 0. The van der Waals surface area contributed by atoms with Gasteiger partial charge in [-0.15, -0.1) is 0 Å². The van der Waals surface area contributed by atoms with Gasteiger partial charge in [-0.25, -0.2) is 0 Å². The second-order valence-corrected chi connectivity index (χ2v) is 6.49. The van der Waals surface area contributed by atoms with E-state index in [1.54, 1.807) is 5.56 Å². The molecule has 0 saturated carbocycles. The van der Waals surface area contributed by atoms with E-state index in [9.17, 15) is 0 Å². The molecule has 0 aromatic heterocycles. The highest BCUT2D eigenvalue weighted by molar-refractivity contribution is 6.23. The Kier molecular flexibility index (Phi) is 3.26. The molecule has 110 valence electrons. The van der Waals surface area contributed by atoms with Crippen LogP contribution in [0.5, 0.6) is 0 Å². The van der Waals surface area contributed by atoms with Crippen molar-refractivity contribution in [2.45, 2.75) is 39.5 Å². The maximum atomic E-state index is 2.38. The van der Waals surface area contributed by atoms with Crippen molar-refractivity contribution in [3.05, 3.63) is 59.7 Å². The van der Waals surface area contributed by atoms with E-state index in [1.807, 2.05) is 0 Å². The molecule has 0 atom stereocenters. The predicted octanol–water partition coefficient (Wildman–Crippen LogP) is 6.63. The summed E-state index contributed by atoms with van der Waals surface area (Å²) in [4.78, 5) is 0. The van der Waals surface area contributed by atoms with E-state index < -0.39 is 0 Å². The molecule has 0 amide bonds. The Morgan fingerprint density at radius 1 is 0.773 bits per heavy atom. The maximum Gasteiger partial charge on any atom is -0.00238 e. The summed E-state index contributed by atoms with van der Waals surface area (Å²) in [5.74, 6) is 0. The highest BCUT2D eigenvalue weighted by Crippen LogP contribution is 2.37. The van der Waals surface area contributed by atoms with E-state index in [2.05, 4.69) is 62.4 Å². The van der Waals surface area contributed by atoms with Crippen molar-refractivity contribution in [2.24, 2.45) is 0 Å². The normalized spacial score (nSPS) is 11.9. The fraction of sp³-hybridized carbons (Fsp3) is 0.273. The monoisotopic (exact) mass is 286 g/mol. The average Bonchev–Trinajstić information content (AvgIpc) is 2.54. The largest absolute Gasteiger partial charge is 0.0654 e. The Balaban J connectivity index is 2.06. The first-order valence-corrected chi connectivity index (χ1v) is 8.45. The third kappa shape index (κ3) is 1.98. The van der Waals surface area contributed by atoms with E-state index >= 15 is 0 Å². The van der Waals surface area contributed by atoms with E-state index in [1.165, 1.54) is 63.6 Å². The number of rotatable bonds is 4. The van der Waals surface area contributed by atoms with Crippen LogP contribution in [0.2, 0.25) is 0 Å². The Morgan fingerprint density at radius 2 is 1.50 bits per heavy atom. The smallest absolute Gasteiger partial charge is 0.00238 e. The van der Waals surface area contributed by atoms with E-state index in [0.717, 1.165) is 0 Å². The molecule has 0 saturated heterocycles. The lowest BCUT2D eigenvalue weighted by Crippen LogP contribution is -1.94. The fourth-order valence-corrected chi connectivity index (χ4v) is 3.90. The number of unbranched alkanes of at least 4 members (excludes halogenated alkanes) is 2. The average molecular weight is 286 g/mol. The first-order valence-electron chi connectivity index (χ1n) is 8.45. The topological polar surface area (TPSA) is 0 Å². The van der Waals surface area contributed by atoms with Crippen molar-refractivity contribution >= 4 is 32.3 Å². The standard InChI is InChI=1S/C22H22/c1-3-4-5-9-19-15(2)14-18-11-10-16-7-6-8-17-12-13-20(19)22(18)21(16)17/h6-8,10-14H,3-5,9H2,1-2H3. The third-order valence-electron chi connectivity index (χ3n) is 5.01. The van der Waals surface area contributed by atoms with Gasteiger partial charge in [0, 0.05) is 0 Å². The molecule has 4 aromatic carbocycles. The van der Waals surface area contributed by atoms with Gasteiger partial charge in [-0.2, -0.15) is 0 Å². The Morgan fingerprint density at radius 3 is 2.27 bits per heavy atom. The quantitative estimate of drug-likeness (QED) is 0.292. The Hall–Kier alpha value is -2.08. The van der Waals surface area contributed by atoms with Crippen molar-refractivity contribution in [1.29, 1.82) is 0 Å². The molecule has 0 unspecified atom stereocenters. The zero-order chi connectivity index (χ0) is 15.1. The van der Waals surface area contributed by atoms with Crippen molar-refractivity contribution < 1.29 is 0 Å². The van der Waals surface area contributed by atoms with Gasteiger partial charge < -0.3 is 0 Å². The SMILES string of the molecule is CCCCCc1c(C)cc2ccc3cccc4ccc1c2c34. The summed E-state index contributed by atoms with van der Waals surface area (Å²) in [5.41, 5.74) is 3.00. The van der Waals surface area contributed by atoms with E-state index in [4.69, 9.17) is 0 Å². The minimum absolute atomic E-state index is 1.20. The number of aryl methyl sites for hydroxylation is 2. The third-order valence-corrected chi connectivity index (χ3v) is 5.01. The molecule has 0 spiro atoms. The van der Waals surface area contributed by atoms with Gasteiger partial charge in [-0.05, 0) is 63.2 Å². The van der Waals surface area contributed by atoms with Crippen LogP contribution in [0.1, 0.15) is 37.3 Å². The van der Waals surface area contributed by atoms with Crippen LogP contribution in [0, 0.1) is 6.92 Å². The predicted molar refractivity (Wildman–Crippen MR) is 98.1 cm³/mol. The molecular formula is C22H22. The zero-order valence-corrected chi connectivity index (χ0v) is 13.4. The first kappa shape index (κ1) is 13.6. The Bertz CT molecular complexity index is 931. The van der Waals surface area contributed by atoms with Gasteiger partial charge in [0.25, 0.3) is 0 Å². The van der Waals surface area contributed by atoms with Gasteiger partial charge in [0.05, 0.1) is 0 Å². The molecule has 0 nitrogen and oxygen atoms in total. The first-order chi connectivity index (χ1) is 10.8. The lowest BCUT2D eigenvalue weighted by atomic mass is 9.88. The zero-order valence-electron chi connectivity index (χ0n) is 13.4. The molecule has 0 fully saturated rings. The summed E-state index contributed by atoms with van der Waals surface area (Å²) in [6.45, 7) is 4.55. The second kappa shape index (κ2) is 5.28. The molecule has 0 aliphatic carbocycles. The van der Waals surface area contributed by atoms with Gasteiger partial charge in [-0.1, -0.05) is 68.3 Å². The molecule has 0 aliphatic heterocycles. The van der Waals surface area contributed by atoms with Gasteiger partial charge in [-0.3, -0.25) is 0 Å². The van der Waals surface area contributed by atoms with Crippen molar-refractivity contribution in [1.82, 2.24) is 0 Å². The molecule has 4 rings (SSSR count). The minimum Gasteiger partial charge on any atom is -0.0654 e. The highest BCUT2D eigenvalue weighted by atomic mass is 14.2. The molecule has 0 heterocycles. The lowest BCUT2D eigenvalue weighted by Gasteiger charge is -2.16. The summed E-state index contributed by atoms with van der Waals surface area (Å²) < 4.78 is 0. The van der Waals surface area contributed by atoms with Crippen LogP contribution in [0.15, 0.2) is 48.5 Å². The summed E-state index contributed by atoms with van der Waals surface area (Å²) in [6, 6.07) is 18.2. The molecular weight excluding hydrogens is 264 g/mol. The molecule has 0 aliphatic rings. The van der Waals surface area contributed by atoms with Crippen LogP contribution in [0.3, 0.4) is 0 Å². The van der Waals surface area contributed by atoms with Crippen LogP contribution in [-0.2, 0) is 6.42 Å². The van der Waals surface area contributed by atoms with E-state index in [-0.39, 0.29) is 0 Å². The second-order valence-electron chi connectivity index (χ2n) is 6.49. The summed E-state index contributed by atoms with van der Waals surface area (Å²) in [6.07, 6.45) is 5.10. The minimum atomic E-state index is 1.20. The highest BCUT2D eigenvalue weighted by Gasteiger charge is 2.12. The maximum absolute atomic E-state index is 2.38. The number of hydrogen-bond acceptors (Lipinski definition) is 0. The number of benzene rings is 4. The van der Waals surface area contributed by atoms with Crippen molar-refractivity contribution in [3.8, 4) is 0 Å². The summed E-state index contributed by atoms with van der Waals surface area (Å²) in [5, 5.41) is 8.48. The van der Waals surface area contributed by atoms with Crippen molar-refractivity contribution in [3.63, 3.8) is 0 Å². The Labute approximate surface area is 132 Å². The molecule has 0 radical (unpaired) electrons. The lowest BCUT2D eigenvalue weighted by molar-refractivity contribution is 0.718. The molecule has 0 bridgehead atoms. The van der Waals surface area contributed by atoms with Gasteiger partial charge in [0.15, 0.2) is 0 Å². The summed E-state index contributed by atoms with van der Waals surface area (Å²) >= 11 is 0. The molecule has 0 N–H and O–H groups in total. The number of hydrogen-bond donors (Lipinski definition) is 0. The van der Waals surface area contributed by atoms with Gasteiger partial charge in [0.2, 0.25) is 0 Å². The van der Waals surface area contributed by atoms with Gasteiger partial charge >= 0.3 is 0 Å². The van der Waals surface area contributed by atoms with Crippen LogP contribution in [-0.4, -0.2) is 0 Å². The van der Waals surface area contributed by atoms with E-state index in [0.29, 0.717) is 0 Å².